The van der Waals surface area contributed by atoms with E-state index in [2.05, 4.69) is 21.1 Å². The van der Waals surface area contributed by atoms with Crippen LogP contribution < -0.4 is 0 Å². The van der Waals surface area contributed by atoms with Gasteiger partial charge in [-0.15, -0.1) is 0 Å². The molecule has 4 heteroatoms. The third-order valence-electron chi connectivity index (χ3n) is 1.55. The van der Waals surface area contributed by atoms with E-state index in [4.69, 9.17) is 16.8 Å². The Kier molecular flexibility index (Phi) is 3.12. The molecule has 2 nitrogen and oxygen atoms in total. The molecule has 1 aromatic rings. The topological polar surface area (TPSA) is 32.6 Å². The molecule has 0 saturated heterocycles. The van der Waals surface area contributed by atoms with Gasteiger partial charge in [0.25, 0.3) is 0 Å². The van der Waals surface area contributed by atoms with Crippen LogP contribution in [0.5, 0.6) is 0 Å². The summed E-state index contributed by atoms with van der Waals surface area (Å²) in [6, 6.07) is 3.64. The lowest BCUT2D eigenvalue weighted by atomic mass is 10.1. The van der Waals surface area contributed by atoms with Gasteiger partial charge in [0, 0.05) is 10.0 Å². The molecule has 0 radical (unpaired) electrons. The van der Waals surface area contributed by atoms with E-state index in [1.54, 1.807) is 6.07 Å². The van der Waals surface area contributed by atoms with Crippen LogP contribution in [0.4, 0.5) is 0 Å². The van der Waals surface area contributed by atoms with E-state index >= 15 is 0 Å². The Balaban J connectivity index is 3.26. The molecular formula is C8H7BrClNO. The molecule has 0 aliphatic heterocycles. The number of rotatable bonds is 1. The SMILES string of the molecule is Cc1c(Br)ccc(C=NO)c1Cl. The van der Waals surface area contributed by atoms with E-state index in [0.29, 0.717) is 10.6 Å². The zero-order chi connectivity index (χ0) is 9.14. The fourth-order valence-corrected chi connectivity index (χ4v) is 1.50. The van der Waals surface area contributed by atoms with Gasteiger partial charge in [-0.3, -0.25) is 0 Å². The summed E-state index contributed by atoms with van der Waals surface area (Å²) >= 11 is 9.28. The van der Waals surface area contributed by atoms with Gasteiger partial charge < -0.3 is 5.21 Å². The maximum absolute atomic E-state index is 8.30. The summed E-state index contributed by atoms with van der Waals surface area (Å²) in [5, 5.41) is 11.8. The number of hydrogen-bond donors (Lipinski definition) is 1. The third-order valence-corrected chi connectivity index (χ3v) is 2.91. The predicted octanol–water partition coefficient (Wildman–Crippen LogP) is 3.22. The third kappa shape index (κ3) is 1.79. The summed E-state index contributed by atoms with van der Waals surface area (Å²) < 4.78 is 0.947. The van der Waals surface area contributed by atoms with E-state index < -0.39 is 0 Å². The number of benzene rings is 1. The highest BCUT2D eigenvalue weighted by Gasteiger charge is 2.03. The van der Waals surface area contributed by atoms with Gasteiger partial charge in [0.2, 0.25) is 0 Å². The van der Waals surface area contributed by atoms with Crippen LogP contribution in [0, 0.1) is 6.92 Å². The first-order valence-corrected chi connectivity index (χ1v) is 4.46. The first kappa shape index (κ1) is 9.55. The molecule has 0 saturated carbocycles. The van der Waals surface area contributed by atoms with Crippen molar-refractivity contribution in [1.82, 2.24) is 0 Å². The fourth-order valence-electron chi connectivity index (χ4n) is 0.844. The second kappa shape index (κ2) is 3.92. The molecule has 0 amide bonds. The predicted molar refractivity (Wildman–Crippen MR) is 53.3 cm³/mol. The molecular weight excluding hydrogens is 241 g/mol. The molecule has 0 atom stereocenters. The maximum Gasteiger partial charge on any atom is 0.0748 e. The van der Waals surface area contributed by atoms with E-state index in [1.165, 1.54) is 6.21 Å². The first-order valence-electron chi connectivity index (χ1n) is 3.29. The lowest BCUT2D eigenvalue weighted by Crippen LogP contribution is -1.87. The van der Waals surface area contributed by atoms with Crippen molar-refractivity contribution in [3.05, 3.63) is 32.8 Å². The average molecular weight is 249 g/mol. The highest BCUT2D eigenvalue weighted by atomic mass is 79.9. The Bertz CT molecular complexity index is 325. The largest absolute Gasteiger partial charge is 0.411 e. The minimum atomic E-state index is 0.599. The molecule has 0 heterocycles. The second-order valence-electron chi connectivity index (χ2n) is 2.32. The summed E-state index contributed by atoms with van der Waals surface area (Å²) in [6.45, 7) is 1.89. The molecule has 0 bridgehead atoms. The van der Waals surface area contributed by atoms with Crippen LogP contribution in [-0.2, 0) is 0 Å². The van der Waals surface area contributed by atoms with Gasteiger partial charge >= 0.3 is 0 Å². The standard InChI is InChI=1S/C8H7BrClNO/c1-5-7(9)3-2-6(4-11-12)8(5)10/h2-4,12H,1H3. The highest BCUT2D eigenvalue weighted by molar-refractivity contribution is 9.10. The zero-order valence-electron chi connectivity index (χ0n) is 6.38. The highest BCUT2D eigenvalue weighted by Crippen LogP contribution is 2.26. The molecule has 0 aliphatic carbocycles. The van der Waals surface area contributed by atoms with Crippen LogP contribution in [0.25, 0.3) is 0 Å². The molecule has 0 aromatic heterocycles. The molecule has 1 N–H and O–H groups in total. The van der Waals surface area contributed by atoms with Gasteiger partial charge in [-0.05, 0) is 18.6 Å². The Labute approximate surface area is 84.0 Å². The second-order valence-corrected chi connectivity index (χ2v) is 3.55. The smallest absolute Gasteiger partial charge is 0.0748 e. The van der Waals surface area contributed by atoms with E-state index in [9.17, 15) is 0 Å². The Morgan fingerprint density at radius 2 is 2.25 bits per heavy atom. The molecule has 0 fully saturated rings. The zero-order valence-corrected chi connectivity index (χ0v) is 8.72. The maximum atomic E-state index is 8.30. The summed E-state index contributed by atoms with van der Waals surface area (Å²) in [5.74, 6) is 0. The monoisotopic (exact) mass is 247 g/mol. The number of halogens is 2. The molecule has 0 unspecified atom stereocenters. The van der Waals surface area contributed by atoms with Crippen molar-refractivity contribution in [3.63, 3.8) is 0 Å². The van der Waals surface area contributed by atoms with Crippen molar-refractivity contribution in [3.8, 4) is 0 Å². The van der Waals surface area contributed by atoms with Crippen LogP contribution in [0.1, 0.15) is 11.1 Å². The molecule has 1 aromatic carbocycles. The van der Waals surface area contributed by atoms with Crippen LogP contribution >= 0.6 is 27.5 Å². The quantitative estimate of drug-likeness (QED) is 0.462. The average Bonchev–Trinajstić information content (AvgIpc) is 2.07. The van der Waals surface area contributed by atoms with Gasteiger partial charge in [0.1, 0.15) is 0 Å². The fraction of sp³-hybridized carbons (Fsp3) is 0.125. The summed E-state index contributed by atoms with van der Waals surface area (Å²) in [6.07, 6.45) is 1.31. The summed E-state index contributed by atoms with van der Waals surface area (Å²) in [7, 11) is 0. The van der Waals surface area contributed by atoms with E-state index in [-0.39, 0.29) is 0 Å². The Morgan fingerprint density at radius 1 is 1.58 bits per heavy atom. The lowest BCUT2D eigenvalue weighted by Gasteiger charge is -2.03. The van der Waals surface area contributed by atoms with Crippen LogP contribution in [-0.4, -0.2) is 11.4 Å². The summed E-state index contributed by atoms with van der Waals surface area (Å²) in [5.41, 5.74) is 1.65. The number of hydrogen-bond acceptors (Lipinski definition) is 2. The van der Waals surface area contributed by atoms with Crippen LogP contribution in [0.15, 0.2) is 21.8 Å². The van der Waals surface area contributed by atoms with Gasteiger partial charge in [0.15, 0.2) is 0 Å². The minimum Gasteiger partial charge on any atom is -0.411 e. The van der Waals surface area contributed by atoms with Gasteiger partial charge in [0.05, 0.1) is 11.2 Å². The van der Waals surface area contributed by atoms with Crippen molar-refractivity contribution in [2.24, 2.45) is 5.16 Å². The van der Waals surface area contributed by atoms with Gasteiger partial charge in [-0.1, -0.05) is 38.8 Å². The van der Waals surface area contributed by atoms with E-state index in [1.807, 2.05) is 13.0 Å². The Morgan fingerprint density at radius 3 is 2.83 bits per heavy atom. The first-order chi connectivity index (χ1) is 5.66. The number of nitrogens with zero attached hydrogens (tertiary/aromatic N) is 1. The Hall–Kier alpha value is -0.540. The lowest BCUT2D eigenvalue weighted by molar-refractivity contribution is 0.322. The van der Waals surface area contributed by atoms with Crippen molar-refractivity contribution < 1.29 is 5.21 Å². The van der Waals surface area contributed by atoms with Crippen LogP contribution in [0.2, 0.25) is 5.02 Å². The van der Waals surface area contributed by atoms with Crippen molar-refractivity contribution in [2.45, 2.75) is 6.92 Å². The van der Waals surface area contributed by atoms with Crippen LogP contribution in [0.3, 0.4) is 0 Å². The summed E-state index contributed by atoms with van der Waals surface area (Å²) in [4.78, 5) is 0. The molecule has 0 spiro atoms. The molecule has 64 valence electrons. The minimum absolute atomic E-state index is 0.599. The van der Waals surface area contributed by atoms with Gasteiger partial charge in [-0.25, -0.2) is 0 Å². The van der Waals surface area contributed by atoms with Gasteiger partial charge in [-0.2, -0.15) is 0 Å². The van der Waals surface area contributed by atoms with Crippen molar-refractivity contribution in [2.75, 3.05) is 0 Å². The van der Waals surface area contributed by atoms with E-state index in [0.717, 1.165) is 10.0 Å². The normalized spacial score (nSPS) is 10.9. The molecule has 1 rings (SSSR count). The molecule has 12 heavy (non-hydrogen) atoms. The van der Waals surface area contributed by atoms with Crippen molar-refractivity contribution >= 4 is 33.7 Å². The molecule has 0 aliphatic rings. The van der Waals surface area contributed by atoms with Crippen molar-refractivity contribution in [1.29, 1.82) is 0 Å². The number of oxime groups is 1.